The minimum atomic E-state index is -0.319. The van der Waals surface area contributed by atoms with Crippen LogP contribution in [0.4, 0.5) is 0 Å². The molecule has 0 saturated carbocycles. The van der Waals surface area contributed by atoms with E-state index >= 15 is 0 Å². The molecule has 2 aliphatic rings. The molecule has 2 aromatic carbocycles. The zero-order valence-electron chi connectivity index (χ0n) is 19.4. The lowest BCUT2D eigenvalue weighted by Crippen LogP contribution is -2.28. The van der Waals surface area contributed by atoms with E-state index in [1.54, 1.807) is 50.3 Å². The third kappa shape index (κ3) is 5.41. The van der Waals surface area contributed by atoms with Crippen molar-refractivity contribution in [3.63, 3.8) is 0 Å². The third-order valence-corrected chi connectivity index (χ3v) is 5.12. The minimum absolute atomic E-state index is 0.217. The summed E-state index contributed by atoms with van der Waals surface area (Å²) in [5.74, 6) is 1.34. The normalized spacial score (nSPS) is 17.5. The predicted molar refractivity (Wildman–Crippen MR) is 131 cm³/mol. The van der Waals surface area contributed by atoms with Crippen molar-refractivity contribution in [2.24, 2.45) is 21.5 Å². The van der Waals surface area contributed by atoms with Crippen molar-refractivity contribution < 1.29 is 19.1 Å². The van der Waals surface area contributed by atoms with Gasteiger partial charge in [0.1, 0.15) is 22.9 Å². The molecule has 0 bridgehead atoms. The Morgan fingerprint density at radius 3 is 1.24 bits per heavy atom. The van der Waals surface area contributed by atoms with Gasteiger partial charge in [-0.1, -0.05) is 24.3 Å². The van der Waals surface area contributed by atoms with E-state index in [1.165, 1.54) is 0 Å². The van der Waals surface area contributed by atoms with E-state index in [0.29, 0.717) is 11.4 Å². The molecule has 176 valence electrons. The van der Waals surface area contributed by atoms with Gasteiger partial charge in [-0.15, -0.1) is 0 Å². The Hall–Kier alpha value is -4.60. The summed E-state index contributed by atoms with van der Waals surface area (Å²) in [7, 11) is 6.63. The van der Waals surface area contributed by atoms with Gasteiger partial charge >= 0.3 is 0 Å². The summed E-state index contributed by atoms with van der Waals surface area (Å²) in [6.07, 6.45) is 3.48. The van der Waals surface area contributed by atoms with Crippen LogP contribution in [-0.4, -0.2) is 61.8 Å². The Labute approximate surface area is 197 Å². The zero-order valence-corrected chi connectivity index (χ0v) is 19.4. The Kier molecular flexibility index (Phi) is 7.32. The second kappa shape index (κ2) is 10.3. The van der Waals surface area contributed by atoms with Crippen LogP contribution >= 0.6 is 0 Å². The van der Waals surface area contributed by atoms with Gasteiger partial charge in [-0.2, -0.15) is 9.98 Å². The van der Waals surface area contributed by atoms with Gasteiger partial charge in [0.25, 0.3) is 11.8 Å². The van der Waals surface area contributed by atoms with Crippen LogP contribution < -0.4 is 20.9 Å². The first-order chi connectivity index (χ1) is 16.2. The average molecular weight is 463 g/mol. The van der Waals surface area contributed by atoms with Crippen molar-refractivity contribution in [2.75, 3.05) is 28.3 Å². The van der Waals surface area contributed by atoms with Gasteiger partial charge in [-0.25, -0.2) is 0 Å². The van der Waals surface area contributed by atoms with Crippen LogP contribution in [0.1, 0.15) is 11.1 Å². The lowest BCUT2D eigenvalue weighted by atomic mass is 10.2. The molecule has 0 aliphatic carbocycles. The summed E-state index contributed by atoms with van der Waals surface area (Å²) in [5, 5.41) is 0. The monoisotopic (exact) mass is 462 g/mol. The van der Waals surface area contributed by atoms with Crippen LogP contribution in [0.3, 0.4) is 0 Å². The number of carbonyl (C=O) groups is 2. The molecule has 0 radical (unpaired) electrons. The largest absolute Gasteiger partial charge is 0.497 e. The molecule has 2 heterocycles. The number of methoxy groups -OCH3 is 2. The number of nitrogens with two attached hydrogens (primary N) is 2. The fourth-order valence-corrected chi connectivity index (χ4v) is 3.04. The average Bonchev–Trinajstić information content (AvgIpc) is 3.23. The Balaban J connectivity index is 0.000000191. The first-order valence-electron chi connectivity index (χ1n) is 10.2. The van der Waals surface area contributed by atoms with E-state index in [-0.39, 0.29) is 23.7 Å². The SMILES string of the molecule is COc1ccc(/C=C2/C(=O)N=C(N)N2C)cc1.COc1ccc(/C=C2/C(=O)N=C(N)N2C)cc1. The molecule has 2 aromatic rings. The molecule has 4 rings (SSSR count). The van der Waals surface area contributed by atoms with Gasteiger partial charge < -0.3 is 30.7 Å². The fraction of sp³-hybridized carbons (Fsp3) is 0.167. The molecule has 34 heavy (non-hydrogen) atoms. The quantitative estimate of drug-likeness (QED) is 0.655. The van der Waals surface area contributed by atoms with E-state index in [4.69, 9.17) is 20.9 Å². The molecule has 0 fully saturated rings. The lowest BCUT2D eigenvalue weighted by Gasteiger charge is -2.11. The van der Waals surface area contributed by atoms with Crippen molar-refractivity contribution in [1.29, 1.82) is 0 Å². The first kappa shape index (κ1) is 24.1. The van der Waals surface area contributed by atoms with Crippen molar-refractivity contribution in [3.05, 3.63) is 71.1 Å². The molecular weight excluding hydrogens is 436 g/mol. The predicted octanol–water partition coefficient (Wildman–Crippen LogP) is 1.65. The minimum Gasteiger partial charge on any atom is -0.497 e. The topological polar surface area (TPSA) is 136 Å². The molecule has 2 amide bonds. The molecular formula is C24H26N6O4. The Bertz CT molecular complexity index is 1100. The van der Waals surface area contributed by atoms with E-state index in [9.17, 15) is 9.59 Å². The molecule has 10 nitrogen and oxygen atoms in total. The number of nitrogens with zero attached hydrogens (tertiary/aromatic N) is 4. The molecule has 10 heteroatoms. The van der Waals surface area contributed by atoms with Crippen molar-refractivity contribution >= 4 is 35.9 Å². The third-order valence-electron chi connectivity index (χ3n) is 5.12. The zero-order chi connectivity index (χ0) is 24.8. The summed E-state index contributed by atoms with van der Waals surface area (Å²) in [4.78, 5) is 33.5. The maximum Gasteiger partial charge on any atom is 0.296 e. The van der Waals surface area contributed by atoms with Gasteiger partial charge in [0.2, 0.25) is 11.9 Å². The van der Waals surface area contributed by atoms with Crippen LogP contribution in [0.25, 0.3) is 12.2 Å². The highest BCUT2D eigenvalue weighted by Gasteiger charge is 2.24. The highest BCUT2D eigenvalue weighted by atomic mass is 16.5. The van der Waals surface area contributed by atoms with E-state index in [2.05, 4.69) is 9.98 Å². The molecule has 0 aromatic heterocycles. The maximum absolute atomic E-state index is 11.5. The second-order valence-corrected chi connectivity index (χ2v) is 7.27. The van der Waals surface area contributed by atoms with E-state index in [1.807, 2.05) is 48.5 Å². The van der Waals surface area contributed by atoms with E-state index < -0.39 is 0 Å². The van der Waals surface area contributed by atoms with Gasteiger partial charge in [0.05, 0.1) is 14.2 Å². The van der Waals surface area contributed by atoms with Crippen molar-refractivity contribution in [1.82, 2.24) is 9.80 Å². The van der Waals surface area contributed by atoms with Crippen LogP contribution in [-0.2, 0) is 9.59 Å². The second-order valence-electron chi connectivity index (χ2n) is 7.27. The number of guanidine groups is 2. The molecule has 0 unspecified atom stereocenters. The van der Waals surface area contributed by atoms with Gasteiger partial charge in [-0.3, -0.25) is 9.59 Å². The molecule has 4 N–H and O–H groups in total. The molecule has 0 spiro atoms. The standard InChI is InChI=1S/2C12H13N3O2/c2*1-15-10(11(16)14-12(15)13)7-8-3-5-9(17-2)6-4-8/h2*3-7H,1-2H3,(H2,13,14,16)/b2*10-7-. The highest BCUT2D eigenvalue weighted by Crippen LogP contribution is 2.19. The van der Waals surface area contributed by atoms with E-state index in [0.717, 1.165) is 22.6 Å². The number of carbonyl (C=O) groups excluding carboxylic acids is 2. The number of benzene rings is 2. The number of aliphatic imine (C=N–C) groups is 2. The molecule has 0 saturated heterocycles. The lowest BCUT2D eigenvalue weighted by molar-refractivity contribution is -0.115. The van der Waals surface area contributed by atoms with Crippen LogP contribution in [0.2, 0.25) is 0 Å². The summed E-state index contributed by atoms with van der Waals surface area (Å²) in [5.41, 5.74) is 13.8. The number of hydrogen-bond acceptors (Lipinski definition) is 8. The number of rotatable bonds is 4. The van der Waals surface area contributed by atoms with Gasteiger partial charge in [0.15, 0.2) is 0 Å². The first-order valence-corrected chi connectivity index (χ1v) is 10.2. The number of ether oxygens (including phenoxy) is 2. The summed E-state index contributed by atoms with van der Waals surface area (Å²) in [6, 6.07) is 14.8. The van der Waals surface area contributed by atoms with Gasteiger partial charge in [-0.05, 0) is 47.5 Å². The number of amides is 2. The Morgan fingerprint density at radius 1 is 0.676 bits per heavy atom. The molecule has 0 atom stereocenters. The maximum atomic E-state index is 11.5. The smallest absolute Gasteiger partial charge is 0.296 e. The van der Waals surface area contributed by atoms with Crippen LogP contribution in [0.15, 0.2) is 69.9 Å². The number of hydrogen-bond donors (Lipinski definition) is 2. The van der Waals surface area contributed by atoms with Crippen LogP contribution in [0, 0.1) is 0 Å². The number of likely N-dealkylation sites (N-methyl/N-ethyl adjacent to an activating group) is 2. The van der Waals surface area contributed by atoms with Crippen molar-refractivity contribution in [3.8, 4) is 11.5 Å². The fourth-order valence-electron chi connectivity index (χ4n) is 3.04. The van der Waals surface area contributed by atoms with Crippen LogP contribution in [0.5, 0.6) is 11.5 Å². The van der Waals surface area contributed by atoms with Crippen molar-refractivity contribution in [2.45, 2.75) is 0 Å². The highest BCUT2D eigenvalue weighted by molar-refractivity contribution is 6.12. The Morgan fingerprint density at radius 2 is 1.00 bits per heavy atom. The summed E-state index contributed by atoms with van der Waals surface area (Å²) in [6.45, 7) is 0. The summed E-state index contributed by atoms with van der Waals surface area (Å²) < 4.78 is 10.1. The molecule has 2 aliphatic heterocycles. The summed E-state index contributed by atoms with van der Waals surface area (Å²) >= 11 is 0. The van der Waals surface area contributed by atoms with Gasteiger partial charge in [0, 0.05) is 14.1 Å².